The summed E-state index contributed by atoms with van der Waals surface area (Å²) in [6.07, 6.45) is 10.2. The van der Waals surface area contributed by atoms with E-state index in [-0.39, 0.29) is 4.87 Å². The van der Waals surface area contributed by atoms with Gasteiger partial charge in [0, 0.05) is 6.61 Å². The zero-order valence-electron chi connectivity index (χ0n) is 13.7. The van der Waals surface area contributed by atoms with Gasteiger partial charge in [0.25, 0.3) is 0 Å². The van der Waals surface area contributed by atoms with Crippen LogP contribution in [-0.4, -0.2) is 13.2 Å². The number of rotatable bonds is 12. The van der Waals surface area contributed by atoms with Crippen LogP contribution in [0.3, 0.4) is 0 Å². The van der Waals surface area contributed by atoms with Gasteiger partial charge < -0.3 is 4.74 Å². The van der Waals surface area contributed by atoms with Gasteiger partial charge in [-0.2, -0.15) is 0 Å². The Bertz CT molecular complexity index is 352. The molecule has 0 bridgehead atoms. The summed E-state index contributed by atoms with van der Waals surface area (Å²) in [6, 6.07) is 10.4. The number of alkyl halides is 1. The first-order valence-electron chi connectivity index (χ1n) is 8.55. The Morgan fingerprint density at radius 2 is 1.52 bits per heavy atom. The summed E-state index contributed by atoms with van der Waals surface area (Å²) in [6.45, 7) is 5.61. The molecule has 0 aliphatic carbocycles. The van der Waals surface area contributed by atoms with E-state index in [1.807, 2.05) is 13.0 Å². The smallest absolute Gasteiger partial charge is 0.0927 e. The molecule has 2 heteroatoms. The van der Waals surface area contributed by atoms with Gasteiger partial charge in [-0.05, 0) is 18.9 Å². The van der Waals surface area contributed by atoms with Crippen molar-refractivity contribution in [3.05, 3.63) is 35.9 Å². The van der Waals surface area contributed by atoms with E-state index in [0.29, 0.717) is 6.61 Å². The number of unbranched alkanes of at least 4 members (excludes halogenated alkanes) is 6. The van der Waals surface area contributed by atoms with Crippen molar-refractivity contribution in [1.82, 2.24) is 0 Å². The predicted octanol–water partition coefficient (Wildman–Crippen LogP) is 6.30. The summed E-state index contributed by atoms with van der Waals surface area (Å²) >= 11 is 6.88. The van der Waals surface area contributed by atoms with Crippen LogP contribution in [0.25, 0.3) is 0 Å². The molecule has 0 fully saturated rings. The van der Waals surface area contributed by atoms with Crippen molar-refractivity contribution in [1.29, 1.82) is 0 Å². The normalized spacial score (nSPS) is 14.0. The lowest BCUT2D eigenvalue weighted by Gasteiger charge is -2.27. The second-order valence-corrected chi connectivity index (χ2v) is 6.56. The number of hydrogen-bond donors (Lipinski definition) is 0. The second kappa shape index (κ2) is 11.1. The van der Waals surface area contributed by atoms with Crippen molar-refractivity contribution in [2.24, 2.45) is 0 Å². The molecule has 0 aromatic heterocycles. The van der Waals surface area contributed by atoms with Crippen LogP contribution in [-0.2, 0) is 9.61 Å². The SMILES string of the molecule is CCCCCCCCCC(Cl)(COCC)c1ccccc1. The highest BCUT2D eigenvalue weighted by atomic mass is 35.5. The summed E-state index contributed by atoms with van der Waals surface area (Å²) in [5.74, 6) is 0. The van der Waals surface area contributed by atoms with Crippen molar-refractivity contribution in [2.75, 3.05) is 13.2 Å². The molecule has 0 spiro atoms. The minimum absolute atomic E-state index is 0.360. The topological polar surface area (TPSA) is 9.23 Å². The molecule has 0 aliphatic heterocycles. The summed E-state index contributed by atoms with van der Waals surface area (Å²) in [5.41, 5.74) is 1.19. The van der Waals surface area contributed by atoms with Gasteiger partial charge in [-0.25, -0.2) is 0 Å². The van der Waals surface area contributed by atoms with E-state index < -0.39 is 0 Å². The summed E-state index contributed by atoms with van der Waals surface area (Å²) in [7, 11) is 0. The van der Waals surface area contributed by atoms with Gasteiger partial charge in [0.2, 0.25) is 0 Å². The highest BCUT2D eigenvalue weighted by Gasteiger charge is 2.29. The fraction of sp³-hybridized carbons (Fsp3) is 0.684. The lowest BCUT2D eigenvalue weighted by molar-refractivity contribution is 0.116. The first-order valence-corrected chi connectivity index (χ1v) is 8.93. The Kier molecular flexibility index (Phi) is 9.78. The lowest BCUT2D eigenvalue weighted by Crippen LogP contribution is -2.25. The molecule has 1 atom stereocenters. The molecule has 1 aromatic carbocycles. The van der Waals surface area contributed by atoms with Crippen molar-refractivity contribution in [3.8, 4) is 0 Å². The molecule has 0 saturated carbocycles. The minimum atomic E-state index is -0.360. The van der Waals surface area contributed by atoms with Crippen molar-refractivity contribution in [3.63, 3.8) is 0 Å². The van der Waals surface area contributed by atoms with E-state index in [1.165, 1.54) is 50.5 Å². The van der Waals surface area contributed by atoms with Gasteiger partial charge in [-0.3, -0.25) is 0 Å². The zero-order chi connectivity index (χ0) is 15.4. The molecule has 1 unspecified atom stereocenters. The third-order valence-corrected chi connectivity index (χ3v) is 4.52. The van der Waals surface area contributed by atoms with Gasteiger partial charge in [-0.15, -0.1) is 11.6 Å². The number of ether oxygens (including phenoxy) is 1. The maximum Gasteiger partial charge on any atom is 0.0927 e. The maximum absolute atomic E-state index is 6.88. The quantitative estimate of drug-likeness (QED) is 0.325. The monoisotopic (exact) mass is 310 g/mol. The average Bonchev–Trinajstić information content (AvgIpc) is 2.53. The lowest BCUT2D eigenvalue weighted by atomic mass is 9.92. The van der Waals surface area contributed by atoms with Crippen LogP contribution in [0.4, 0.5) is 0 Å². The summed E-state index contributed by atoms with van der Waals surface area (Å²) < 4.78 is 5.63. The van der Waals surface area contributed by atoms with Gasteiger partial charge in [0.05, 0.1) is 11.5 Å². The van der Waals surface area contributed by atoms with Crippen molar-refractivity contribution < 1.29 is 4.74 Å². The van der Waals surface area contributed by atoms with Crippen molar-refractivity contribution in [2.45, 2.75) is 70.1 Å². The fourth-order valence-electron chi connectivity index (χ4n) is 2.66. The van der Waals surface area contributed by atoms with Crippen LogP contribution in [0.2, 0.25) is 0 Å². The summed E-state index contributed by atoms with van der Waals surface area (Å²) in [5, 5.41) is 0. The van der Waals surface area contributed by atoms with Gasteiger partial charge in [-0.1, -0.05) is 82.2 Å². The van der Waals surface area contributed by atoms with E-state index in [2.05, 4.69) is 31.2 Å². The third-order valence-electron chi connectivity index (χ3n) is 4.00. The highest BCUT2D eigenvalue weighted by molar-refractivity contribution is 6.24. The molecular weight excluding hydrogens is 280 g/mol. The average molecular weight is 311 g/mol. The minimum Gasteiger partial charge on any atom is -0.380 e. The zero-order valence-corrected chi connectivity index (χ0v) is 14.5. The number of halogens is 1. The number of benzene rings is 1. The first kappa shape index (κ1) is 18.5. The van der Waals surface area contributed by atoms with Gasteiger partial charge in [0.1, 0.15) is 0 Å². The van der Waals surface area contributed by atoms with E-state index in [0.717, 1.165) is 13.0 Å². The first-order chi connectivity index (χ1) is 10.2. The van der Waals surface area contributed by atoms with E-state index in [4.69, 9.17) is 16.3 Å². The Morgan fingerprint density at radius 1 is 0.905 bits per heavy atom. The van der Waals surface area contributed by atoms with Crippen LogP contribution in [0.1, 0.15) is 70.8 Å². The fourth-order valence-corrected chi connectivity index (χ4v) is 3.00. The van der Waals surface area contributed by atoms with E-state index in [9.17, 15) is 0 Å². The Labute approximate surface area is 136 Å². The maximum atomic E-state index is 6.88. The molecule has 1 nitrogen and oxygen atoms in total. The van der Waals surface area contributed by atoms with Crippen molar-refractivity contribution >= 4 is 11.6 Å². The molecule has 1 rings (SSSR count). The second-order valence-electron chi connectivity index (χ2n) is 5.84. The molecule has 0 aliphatic rings. The molecule has 0 heterocycles. The molecule has 0 radical (unpaired) electrons. The molecule has 1 aromatic rings. The van der Waals surface area contributed by atoms with E-state index >= 15 is 0 Å². The molecule has 21 heavy (non-hydrogen) atoms. The molecule has 0 saturated heterocycles. The third kappa shape index (κ3) is 7.33. The standard InChI is InChI=1S/C19H31ClO/c1-3-5-6-7-8-9-13-16-19(20,17-21-4-2)18-14-11-10-12-15-18/h10-12,14-15H,3-9,13,16-17H2,1-2H3. The van der Waals surface area contributed by atoms with Crippen LogP contribution in [0, 0.1) is 0 Å². The van der Waals surface area contributed by atoms with Crippen LogP contribution < -0.4 is 0 Å². The molecular formula is C19H31ClO. The summed E-state index contributed by atoms with van der Waals surface area (Å²) in [4.78, 5) is -0.360. The van der Waals surface area contributed by atoms with Gasteiger partial charge >= 0.3 is 0 Å². The Hall–Kier alpha value is -0.530. The number of hydrogen-bond acceptors (Lipinski definition) is 1. The molecule has 0 N–H and O–H groups in total. The Morgan fingerprint density at radius 3 is 2.14 bits per heavy atom. The molecule has 120 valence electrons. The largest absolute Gasteiger partial charge is 0.380 e. The highest BCUT2D eigenvalue weighted by Crippen LogP contribution is 2.35. The molecule has 0 amide bonds. The van der Waals surface area contributed by atoms with E-state index in [1.54, 1.807) is 0 Å². The van der Waals surface area contributed by atoms with Crippen LogP contribution in [0.5, 0.6) is 0 Å². The van der Waals surface area contributed by atoms with Crippen LogP contribution in [0.15, 0.2) is 30.3 Å². The van der Waals surface area contributed by atoms with Gasteiger partial charge in [0.15, 0.2) is 0 Å². The predicted molar refractivity (Wildman–Crippen MR) is 93.1 cm³/mol. The van der Waals surface area contributed by atoms with Crippen LogP contribution >= 0.6 is 11.6 Å². The Balaban J connectivity index is 2.40.